The van der Waals surface area contributed by atoms with Crippen molar-refractivity contribution in [2.75, 3.05) is 12.0 Å². The molecule has 0 atom stereocenters. The third kappa shape index (κ3) is 3.41. The summed E-state index contributed by atoms with van der Waals surface area (Å²) < 4.78 is 0. The van der Waals surface area contributed by atoms with E-state index in [1.54, 1.807) is 6.20 Å². The molecule has 0 unspecified atom stereocenters. The molecule has 4 nitrogen and oxygen atoms in total. The zero-order chi connectivity index (χ0) is 12.3. The van der Waals surface area contributed by atoms with Crippen LogP contribution in [0.2, 0.25) is 0 Å². The Hall–Kier alpha value is -1.13. The second kappa shape index (κ2) is 5.47. The minimum atomic E-state index is 0.696. The van der Waals surface area contributed by atoms with E-state index in [0.717, 1.165) is 24.9 Å². The lowest BCUT2D eigenvalue weighted by Gasteiger charge is -2.24. The maximum Gasteiger partial charge on any atom is 0.144 e. The van der Waals surface area contributed by atoms with Crippen LogP contribution in [0.3, 0.4) is 0 Å². The van der Waals surface area contributed by atoms with Gasteiger partial charge in [0, 0.05) is 30.9 Å². The lowest BCUT2D eigenvalue weighted by molar-refractivity contribution is 0.226. The zero-order valence-electron chi connectivity index (χ0n) is 10.7. The molecule has 0 aromatic carbocycles. The zero-order valence-corrected chi connectivity index (χ0v) is 10.7. The summed E-state index contributed by atoms with van der Waals surface area (Å²) in [6.07, 6.45) is 4.43. The van der Waals surface area contributed by atoms with Crippen LogP contribution in [0.4, 0.5) is 5.82 Å². The maximum atomic E-state index is 5.49. The van der Waals surface area contributed by atoms with E-state index in [1.807, 2.05) is 6.07 Å². The van der Waals surface area contributed by atoms with Gasteiger partial charge < -0.3 is 5.43 Å². The van der Waals surface area contributed by atoms with Crippen LogP contribution < -0.4 is 11.3 Å². The number of aromatic nitrogens is 1. The molecule has 0 saturated heterocycles. The first-order valence-electron chi connectivity index (χ1n) is 6.35. The van der Waals surface area contributed by atoms with Crippen LogP contribution in [0.1, 0.15) is 32.3 Å². The quantitative estimate of drug-likeness (QED) is 0.584. The van der Waals surface area contributed by atoms with Gasteiger partial charge in [-0.3, -0.25) is 4.90 Å². The topological polar surface area (TPSA) is 54.2 Å². The van der Waals surface area contributed by atoms with Gasteiger partial charge in [-0.2, -0.15) is 0 Å². The van der Waals surface area contributed by atoms with E-state index in [0.29, 0.717) is 5.92 Å². The van der Waals surface area contributed by atoms with Crippen LogP contribution in [0.15, 0.2) is 18.3 Å². The van der Waals surface area contributed by atoms with Gasteiger partial charge >= 0.3 is 0 Å². The number of nitrogens with zero attached hydrogens (tertiary/aromatic N) is 2. The Morgan fingerprint density at radius 1 is 1.53 bits per heavy atom. The normalized spacial score (nSPS) is 15.6. The van der Waals surface area contributed by atoms with Crippen LogP contribution in [0.5, 0.6) is 0 Å². The molecule has 0 aliphatic heterocycles. The van der Waals surface area contributed by atoms with Crippen LogP contribution in [-0.2, 0) is 6.54 Å². The highest BCUT2D eigenvalue weighted by Crippen LogP contribution is 2.29. The van der Waals surface area contributed by atoms with Crippen LogP contribution in [0.25, 0.3) is 0 Å². The molecule has 0 radical (unpaired) electrons. The number of pyridine rings is 1. The lowest BCUT2D eigenvalue weighted by atomic mass is 10.1. The summed E-state index contributed by atoms with van der Waals surface area (Å²) in [5.74, 6) is 6.98. The van der Waals surface area contributed by atoms with Crippen molar-refractivity contribution in [3.63, 3.8) is 0 Å². The van der Waals surface area contributed by atoms with Crippen molar-refractivity contribution in [1.82, 2.24) is 9.88 Å². The van der Waals surface area contributed by atoms with Crippen molar-refractivity contribution in [2.45, 2.75) is 39.3 Å². The summed E-state index contributed by atoms with van der Waals surface area (Å²) in [6.45, 7) is 6.61. The number of rotatable bonds is 6. The maximum absolute atomic E-state index is 5.49. The molecule has 94 valence electrons. The first-order chi connectivity index (χ1) is 8.20. The molecule has 1 heterocycles. The molecule has 2 rings (SSSR count). The van der Waals surface area contributed by atoms with E-state index in [-0.39, 0.29) is 0 Å². The molecule has 3 N–H and O–H groups in total. The molecular weight excluding hydrogens is 212 g/mol. The average Bonchev–Trinajstić information content (AvgIpc) is 3.12. The van der Waals surface area contributed by atoms with E-state index in [1.165, 1.54) is 18.4 Å². The smallest absolute Gasteiger partial charge is 0.144 e. The summed E-state index contributed by atoms with van der Waals surface area (Å²) in [4.78, 5) is 6.79. The summed E-state index contributed by atoms with van der Waals surface area (Å²) in [7, 11) is 0. The average molecular weight is 234 g/mol. The molecule has 1 aromatic rings. The lowest BCUT2D eigenvalue weighted by Crippen LogP contribution is -2.30. The fourth-order valence-electron chi connectivity index (χ4n) is 2.17. The van der Waals surface area contributed by atoms with Crippen LogP contribution >= 0.6 is 0 Å². The van der Waals surface area contributed by atoms with Crippen molar-refractivity contribution < 1.29 is 0 Å². The second-order valence-corrected chi connectivity index (χ2v) is 5.21. The number of hydrogen-bond donors (Lipinski definition) is 2. The number of nitrogens with two attached hydrogens (primary N) is 1. The van der Waals surface area contributed by atoms with E-state index in [9.17, 15) is 0 Å². The third-order valence-corrected chi connectivity index (χ3v) is 3.06. The van der Waals surface area contributed by atoms with Crippen molar-refractivity contribution in [3.05, 3.63) is 23.9 Å². The molecule has 1 aliphatic carbocycles. The number of hydrogen-bond acceptors (Lipinski definition) is 4. The van der Waals surface area contributed by atoms with Gasteiger partial charge in [-0.05, 0) is 24.8 Å². The van der Waals surface area contributed by atoms with Crippen molar-refractivity contribution >= 4 is 5.82 Å². The number of anilines is 1. The second-order valence-electron chi connectivity index (χ2n) is 5.21. The minimum Gasteiger partial charge on any atom is -0.308 e. The Labute approximate surface area is 103 Å². The summed E-state index contributed by atoms with van der Waals surface area (Å²) in [5.41, 5.74) is 3.86. The van der Waals surface area contributed by atoms with Gasteiger partial charge in [0.1, 0.15) is 5.82 Å². The van der Waals surface area contributed by atoms with Gasteiger partial charge in [-0.25, -0.2) is 10.8 Å². The molecular formula is C13H22N4. The molecule has 4 heteroatoms. The van der Waals surface area contributed by atoms with Crippen molar-refractivity contribution in [2.24, 2.45) is 11.8 Å². The molecule has 1 fully saturated rings. The summed E-state index contributed by atoms with van der Waals surface area (Å²) in [5, 5.41) is 0. The number of hydrazine groups is 1. The SMILES string of the molecule is CC(C)CN(Cc1cccnc1NN)C1CC1. The van der Waals surface area contributed by atoms with Gasteiger partial charge in [0.05, 0.1) is 0 Å². The molecule has 0 amide bonds. The van der Waals surface area contributed by atoms with E-state index >= 15 is 0 Å². The van der Waals surface area contributed by atoms with E-state index in [4.69, 9.17) is 5.84 Å². The Morgan fingerprint density at radius 3 is 2.88 bits per heavy atom. The number of nitrogen functional groups attached to an aromatic ring is 1. The Kier molecular flexibility index (Phi) is 3.97. The minimum absolute atomic E-state index is 0.696. The van der Waals surface area contributed by atoms with E-state index < -0.39 is 0 Å². The first kappa shape index (κ1) is 12.3. The molecule has 1 saturated carbocycles. The Bertz CT molecular complexity index is 360. The number of nitrogens with one attached hydrogen (secondary N) is 1. The Morgan fingerprint density at radius 2 is 2.29 bits per heavy atom. The largest absolute Gasteiger partial charge is 0.308 e. The predicted molar refractivity (Wildman–Crippen MR) is 70.3 cm³/mol. The van der Waals surface area contributed by atoms with Gasteiger partial charge in [-0.15, -0.1) is 0 Å². The summed E-state index contributed by atoms with van der Waals surface area (Å²) >= 11 is 0. The predicted octanol–water partition coefficient (Wildman–Crippen LogP) is 1.99. The summed E-state index contributed by atoms with van der Waals surface area (Å²) in [6, 6.07) is 4.83. The van der Waals surface area contributed by atoms with Crippen LogP contribution in [0, 0.1) is 5.92 Å². The van der Waals surface area contributed by atoms with Gasteiger partial charge in [-0.1, -0.05) is 19.9 Å². The molecule has 0 spiro atoms. The highest BCUT2D eigenvalue weighted by atomic mass is 15.3. The van der Waals surface area contributed by atoms with Gasteiger partial charge in [0.15, 0.2) is 0 Å². The fourth-order valence-corrected chi connectivity index (χ4v) is 2.17. The highest BCUT2D eigenvalue weighted by Gasteiger charge is 2.29. The van der Waals surface area contributed by atoms with Gasteiger partial charge in [0.2, 0.25) is 0 Å². The van der Waals surface area contributed by atoms with Crippen molar-refractivity contribution in [3.8, 4) is 0 Å². The van der Waals surface area contributed by atoms with Crippen LogP contribution in [-0.4, -0.2) is 22.5 Å². The monoisotopic (exact) mass is 234 g/mol. The molecule has 17 heavy (non-hydrogen) atoms. The molecule has 1 aromatic heterocycles. The first-order valence-corrected chi connectivity index (χ1v) is 6.35. The molecule has 1 aliphatic rings. The van der Waals surface area contributed by atoms with E-state index in [2.05, 4.69) is 35.2 Å². The Balaban J connectivity index is 2.05. The molecule has 0 bridgehead atoms. The van der Waals surface area contributed by atoms with Gasteiger partial charge in [0.25, 0.3) is 0 Å². The third-order valence-electron chi connectivity index (χ3n) is 3.06. The van der Waals surface area contributed by atoms with Crippen molar-refractivity contribution in [1.29, 1.82) is 0 Å². The standard InChI is InChI=1S/C13H22N4/c1-10(2)8-17(12-5-6-12)9-11-4-3-7-15-13(11)16-14/h3-4,7,10,12H,5-6,8-9,14H2,1-2H3,(H,15,16). The highest BCUT2D eigenvalue weighted by molar-refractivity contribution is 5.42. The fraction of sp³-hybridized carbons (Fsp3) is 0.615.